The van der Waals surface area contributed by atoms with Crippen LogP contribution in [0.25, 0.3) is 0 Å². The van der Waals surface area contributed by atoms with E-state index in [1.165, 1.54) is 12.8 Å². The van der Waals surface area contributed by atoms with E-state index in [1.54, 1.807) is 0 Å². The van der Waals surface area contributed by atoms with Crippen molar-refractivity contribution in [1.29, 1.82) is 0 Å². The average Bonchev–Trinajstić information content (AvgIpc) is 3.23. The van der Waals surface area contributed by atoms with Crippen LogP contribution in [0, 0.1) is 27.7 Å². The summed E-state index contributed by atoms with van der Waals surface area (Å²) in [5.74, 6) is -1.21. The first-order valence-corrected chi connectivity index (χ1v) is 6.98. The third-order valence-corrected chi connectivity index (χ3v) is 3.32. The van der Waals surface area contributed by atoms with Crippen LogP contribution in [0.1, 0.15) is 24.8 Å². The first-order chi connectivity index (χ1) is 10.1. The lowest BCUT2D eigenvalue weighted by Gasteiger charge is -2.07. The van der Waals surface area contributed by atoms with Crippen LogP contribution >= 0.6 is 0 Å². The highest BCUT2D eigenvalue weighted by molar-refractivity contribution is 5.37. The monoisotopic (exact) mass is 300 g/mol. The average molecular weight is 300 g/mol. The molecule has 0 aliphatic heterocycles. The van der Waals surface area contributed by atoms with Crippen LogP contribution in [0.5, 0.6) is 0 Å². The van der Waals surface area contributed by atoms with Gasteiger partial charge in [0.15, 0.2) is 0 Å². The van der Waals surface area contributed by atoms with Gasteiger partial charge in [-0.2, -0.15) is 4.39 Å². The summed E-state index contributed by atoms with van der Waals surface area (Å²) in [5.41, 5.74) is -0.622. The molecule has 0 spiro atoms. The summed E-state index contributed by atoms with van der Waals surface area (Å²) in [4.78, 5) is 9.74. The lowest BCUT2D eigenvalue weighted by molar-refractivity contribution is -0.387. The lowest BCUT2D eigenvalue weighted by atomic mass is 10.1. The molecule has 1 aromatic carbocycles. The molecule has 1 aliphatic rings. The van der Waals surface area contributed by atoms with Gasteiger partial charge < -0.3 is 10.1 Å². The zero-order valence-electron chi connectivity index (χ0n) is 11.6. The fourth-order valence-electron chi connectivity index (χ4n) is 1.91. The second-order valence-electron chi connectivity index (χ2n) is 5.20. The number of benzene rings is 1. The molecular weight excluding hydrogens is 282 g/mol. The van der Waals surface area contributed by atoms with Crippen LogP contribution in [0.4, 0.5) is 14.5 Å². The normalized spacial score (nSPS) is 14.4. The van der Waals surface area contributed by atoms with Gasteiger partial charge in [-0.1, -0.05) is 0 Å². The Morgan fingerprint density at radius 1 is 1.33 bits per heavy atom. The van der Waals surface area contributed by atoms with Crippen LogP contribution in [0.15, 0.2) is 12.1 Å². The van der Waals surface area contributed by atoms with Crippen molar-refractivity contribution in [3.63, 3.8) is 0 Å². The van der Waals surface area contributed by atoms with E-state index in [0.29, 0.717) is 19.2 Å². The van der Waals surface area contributed by atoms with Crippen molar-refractivity contribution < 1.29 is 18.4 Å². The zero-order valence-corrected chi connectivity index (χ0v) is 11.6. The minimum atomic E-state index is -1.16. The summed E-state index contributed by atoms with van der Waals surface area (Å²) >= 11 is 0. The fourth-order valence-corrected chi connectivity index (χ4v) is 1.91. The third kappa shape index (κ3) is 5.02. The Morgan fingerprint density at radius 2 is 2.10 bits per heavy atom. The summed E-state index contributed by atoms with van der Waals surface area (Å²) in [6, 6.07) is 1.48. The quantitative estimate of drug-likeness (QED) is 0.433. The molecule has 0 aromatic heterocycles. The molecule has 7 heteroatoms. The predicted octanol–water partition coefficient (Wildman–Crippen LogP) is 2.78. The maximum Gasteiger partial charge on any atom is 0.305 e. The van der Waals surface area contributed by atoms with Gasteiger partial charge in [-0.25, -0.2) is 4.39 Å². The van der Waals surface area contributed by atoms with E-state index in [2.05, 4.69) is 5.32 Å². The molecule has 1 fully saturated rings. The Bertz CT molecular complexity index is 507. The molecule has 5 nitrogen and oxygen atoms in total. The molecule has 21 heavy (non-hydrogen) atoms. The SMILES string of the molecule is O=[N+]([O-])c1cc(CNCCCOCC2CC2)c(F)cc1F. The first kappa shape index (κ1) is 15.8. The molecule has 0 unspecified atom stereocenters. The molecule has 0 heterocycles. The van der Waals surface area contributed by atoms with E-state index in [4.69, 9.17) is 4.74 Å². The molecule has 0 atom stereocenters. The van der Waals surface area contributed by atoms with Gasteiger partial charge in [0.2, 0.25) is 5.82 Å². The van der Waals surface area contributed by atoms with Crippen molar-refractivity contribution in [1.82, 2.24) is 5.32 Å². The third-order valence-electron chi connectivity index (χ3n) is 3.32. The number of nitrogens with one attached hydrogen (secondary N) is 1. The molecule has 0 bridgehead atoms. The summed E-state index contributed by atoms with van der Waals surface area (Å²) in [5, 5.41) is 13.6. The highest BCUT2D eigenvalue weighted by Gasteiger charge is 2.21. The van der Waals surface area contributed by atoms with E-state index in [-0.39, 0.29) is 12.1 Å². The number of hydrogen-bond donors (Lipinski definition) is 1. The molecule has 0 radical (unpaired) electrons. The molecular formula is C14H18F2N2O3. The molecule has 1 N–H and O–H groups in total. The molecule has 0 amide bonds. The Balaban J connectivity index is 1.71. The van der Waals surface area contributed by atoms with Gasteiger partial charge >= 0.3 is 5.69 Å². The van der Waals surface area contributed by atoms with Crippen molar-refractivity contribution in [2.24, 2.45) is 5.92 Å². The van der Waals surface area contributed by atoms with Gasteiger partial charge in [0, 0.05) is 37.5 Å². The fraction of sp³-hybridized carbons (Fsp3) is 0.571. The highest BCUT2D eigenvalue weighted by atomic mass is 19.1. The van der Waals surface area contributed by atoms with Crippen molar-refractivity contribution in [3.8, 4) is 0 Å². The van der Waals surface area contributed by atoms with Gasteiger partial charge in [0.1, 0.15) is 5.82 Å². The highest BCUT2D eigenvalue weighted by Crippen LogP contribution is 2.28. The second kappa shape index (κ2) is 7.42. The van der Waals surface area contributed by atoms with E-state index in [0.717, 1.165) is 25.0 Å². The smallest absolute Gasteiger partial charge is 0.305 e. The summed E-state index contributed by atoms with van der Waals surface area (Å²) in [7, 11) is 0. The Morgan fingerprint density at radius 3 is 2.76 bits per heavy atom. The van der Waals surface area contributed by atoms with E-state index >= 15 is 0 Å². The van der Waals surface area contributed by atoms with Crippen LogP contribution in [-0.4, -0.2) is 24.7 Å². The van der Waals surface area contributed by atoms with Crippen molar-refractivity contribution in [2.45, 2.75) is 25.8 Å². The summed E-state index contributed by atoms with van der Waals surface area (Å²) < 4.78 is 32.1. The van der Waals surface area contributed by atoms with Gasteiger partial charge in [0.05, 0.1) is 4.92 Å². The van der Waals surface area contributed by atoms with Crippen LogP contribution in [-0.2, 0) is 11.3 Å². The Labute approximate surface area is 121 Å². The number of hydrogen-bond acceptors (Lipinski definition) is 4. The van der Waals surface area contributed by atoms with Crippen LogP contribution in [0.2, 0.25) is 0 Å². The Hall–Kier alpha value is -1.60. The van der Waals surface area contributed by atoms with Crippen molar-refractivity contribution in [2.75, 3.05) is 19.8 Å². The molecule has 0 saturated heterocycles. The van der Waals surface area contributed by atoms with E-state index < -0.39 is 22.2 Å². The number of halogens is 2. The minimum Gasteiger partial charge on any atom is -0.381 e. The Kier molecular flexibility index (Phi) is 5.58. The van der Waals surface area contributed by atoms with E-state index in [9.17, 15) is 18.9 Å². The number of nitrogens with zero attached hydrogens (tertiary/aromatic N) is 1. The molecule has 2 rings (SSSR count). The van der Waals surface area contributed by atoms with Crippen LogP contribution < -0.4 is 5.32 Å². The van der Waals surface area contributed by atoms with Gasteiger partial charge in [-0.05, 0) is 31.7 Å². The predicted molar refractivity (Wildman–Crippen MR) is 72.9 cm³/mol. The standard InChI is InChI=1S/C14H18F2N2O3/c15-12-7-13(16)14(18(19)20)6-11(12)8-17-4-1-5-21-9-10-2-3-10/h6-7,10,17H,1-5,8-9H2. The molecule has 1 aromatic rings. The van der Waals surface area contributed by atoms with Gasteiger partial charge in [-0.3, -0.25) is 10.1 Å². The number of rotatable bonds is 9. The lowest BCUT2D eigenvalue weighted by Crippen LogP contribution is -2.17. The van der Waals surface area contributed by atoms with E-state index in [1.807, 2.05) is 0 Å². The van der Waals surface area contributed by atoms with Crippen molar-refractivity contribution in [3.05, 3.63) is 39.4 Å². The van der Waals surface area contributed by atoms with Gasteiger partial charge in [-0.15, -0.1) is 0 Å². The van der Waals surface area contributed by atoms with Crippen LogP contribution in [0.3, 0.4) is 0 Å². The zero-order chi connectivity index (χ0) is 15.2. The maximum atomic E-state index is 13.5. The molecule has 1 aliphatic carbocycles. The summed E-state index contributed by atoms with van der Waals surface area (Å²) in [6.07, 6.45) is 3.28. The molecule has 1 saturated carbocycles. The number of ether oxygens (including phenoxy) is 1. The van der Waals surface area contributed by atoms with Gasteiger partial charge in [0.25, 0.3) is 0 Å². The number of nitro groups is 1. The summed E-state index contributed by atoms with van der Waals surface area (Å²) in [6.45, 7) is 2.17. The number of nitro benzene ring substituents is 1. The van der Waals surface area contributed by atoms with Crippen molar-refractivity contribution >= 4 is 5.69 Å². The first-order valence-electron chi connectivity index (χ1n) is 6.98. The largest absolute Gasteiger partial charge is 0.381 e. The minimum absolute atomic E-state index is 0.0852. The topological polar surface area (TPSA) is 64.4 Å². The second-order valence-corrected chi connectivity index (χ2v) is 5.20. The maximum absolute atomic E-state index is 13.5. The molecule has 116 valence electrons.